The van der Waals surface area contributed by atoms with Crippen molar-refractivity contribution in [3.63, 3.8) is 0 Å². The Labute approximate surface area is 127 Å². The molecule has 0 saturated carbocycles. The van der Waals surface area contributed by atoms with E-state index in [1.54, 1.807) is 0 Å². The third kappa shape index (κ3) is 3.12. The third-order valence-corrected chi connectivity index (χ3v) is 4.11. The van der Waals surface area contributed by atoms with Crippen LogP contribution in [0.5, 0.6) is 0 Å². The molecule has 19 heavy (non-hydrogen) atoms. The summed E-state index contributed by atoms with van der Waals surface area (Å²) >= 11 is 9.76. The van der Waals surface area contributed by atoms with Crippen molar-refractivity contribution in [2.45, 2.75) is 31.8 Å². The number of benzene rings is 1. The van der Waals surface area contributed by atoms with Gasteiger partial charge in [0.15, 0.2) is 0 Å². The van der Waals surface area contributed by atoms with Crippen molar-refractivity contribution in [2.75, 3.05) is 14.1 Å². The van der Waals surface area contributed by atoms with Crippen LogP contribution in [0.3, 0.4) is 0 Å². The molecule has 0 fully saturated rings. The fourth-order valence-electron chi connectivity index (χ4n) is 2.04. The van der Waals surface area contributed by atoms with Gasteiger partial charge in [-0.2, -0.15) is 0 Å². The molecule has 5 heteroatoms. The van der Waals surface area contributed by atoms with Gasteiger partial charge in [0.2, 0.25) is 0 Å². The van der Waals surface area contributed by atoms with E-state index in [-0.39, 0.29) is 5.38 Å². The van der Waals surface area contributed by atoms with Gasteiger partial charge in [0, 0.05) is 17.1 Å². The Bertz CT molecular complexity index is 577. The van der Waals surface area contributed by atoms with Gasteiger partial charge in [-0.25, -0.2) is 4.98 Å². The molecule has 2 aromatic rings. The van der Waals surface area contributed by atoms with Crippen LogP contribution in [0.25, 0.3) is 11.0 Å². The fraction of sp³-hybridized carbons (Fsp3) is 0.500. The zero-order valence-electron chi connectivity index (χ0n) is 11.7. The molecule has 1 aromatic carbocycles. The van der Waals surface area contributed by atoms with E-state index in [0.29, 0.717) is 6.04 Å². The van der Waals surface area contributed by atoms with E-state index in [1.807, 2.05) is 19.1 Å². The summed E-state index contributed by atoms with van der Waals surface area (Å²) < 4.78 is 3.27. The van der Waals surface area contributed by atoms with Crippen molar-refractivity contribution in [1.29, 1.82) is 0 Å². The number of likely N-dealkylation sites (N-methyl/N-ethyl adjacent to an activating group) is 1. The molecule has 104 valence electrons. The highest BCUT2D eigenvalue weighted by Gasteiger charge is 2.17. The van der Waals surface area contributed by atoms with Crippen LogP contribution in [-0.2, 0) is 6.54 Å². The topological polar surface area (TPSA) is 21.1 Å². The summed E-state index contributed by atoms with van der Waals surface area (Å²) in [5.41, 5.74) is 2.13. The molecule has 1 aromatic heterocycles. The minimum Gasteiger partial charge on any atom is -0.325 e. The molecule has 0 bridgehead atoms. The summed E-state index contributed by atoms with van der Waals surface area (Å²) in [6.45, 7) is 5.06. The number of halogens is 2. The molecule has 0 saturated heterocycles. The van der Waals surface area contributed by atoms with Crippen LogP contribution in [0.4, 0.5) is 0 Å². The Balaban J connectivity index is 2.52. The molecule has 0 aliphatic carbocycles. The number of nitrogens with zero attached hydrogens (tertiary/aromatic N) is 3. The summed E-state index contributed by atoms with van der Waals surface area (Å²) in [5, 5.41) is -0.0967. The Morgan fingerprint density at radius 2 is 2.05 bits per heavy atom. The minimum absolute atomic E-state index is 0.0967. The van der Waals surface area contributed by atoms with E-state index in [2.05, 4.69) is 57.5 Å². The predicted molar refractivity (Wildman–Crippen MR) is 84.9 cm³/mol. The lowest BCUT2D eigenvalue weighted by molar-refractivity contribution is 0.284. The number of rotatable bonds is 4. The number of alkyl halides is 1. The maximum absolute atomic E-state index is 6.27. The molecule has 0 N–H and O–H groups in total. The van der Waals surface area contributed by atoms with Gasteiger partial charge in [0.25, 0.3) is 0 Å². The highest BCUT2D eigenvalue weighted by molar-refractivity contribution is 9.10. The van der Waals surface area contributed by atoms with Gasteiger partial charge in [-0.1, -0.05) is 15.9 Å². The smallest absolute Gasteiger partial charge is 0.127 e. The molecule has 0 aliphatic rings. The summed E-state index contributed by atoms with van der Waals surface area (Å²) in [6, 6.07) is 6.60. The fourth-order valence-corrected chi connectivity index (χ4v) is 2.56. The number of fused-ring (bicyclic) bond motifs is 1. The standard InChI is InChI=1S/C14H19BrClN3/c1-9(18(3)4)8-19-13-6-5-11(15)7-12(13)17-14(19)10(2)16/h5-7,9-10H,8H2,1-4H3. The maximum atomic E-state index is 6.27. The number of imidazole rings is 1. The Kier molecular flexibility index (Phi) is 4.54. The summed E-state index contributed by atoms with van der Waals surface area (Å²) in [4.78, 5) is 6.87. The van der Waals surface area contributed by atoms with Crippen LogP contribution in [0.1, 0.15) is 25.0 Å². The summed E-state index contributed by atoms with van der Waals surface area (Å²) in [5.74, 6) is 0.934. The van der Waals surface area contributed by atoms with Gasteiger partial charge >= 0.3 is 0 Å². The van der Waals surface area contributed by atoms with Crippen LogP contribution in [0.2, 0.25) is 0 Å². The van der Waals surface area contributed by atoms with Gasteiger partial charge in [-0.05, 0) is 46.1 Å². The first-order chi connectivity index (χ1) is 8.90. The van der Waals surface area contributed by atoms with Crippen LogP contribution < -0.4 is 0 Å². The first kappa shape index (κ1) is 14.8. The molecule has 0 aliphatic heterocycles. The molecule has 3 nitrogen and oxygen atoms in total. The molecule has 2 rings (SSSR count). The highest BCUT2D eigenvalue weighted by Crippen LogP contribution is 2.27. The average molecular weight is 345 g/mol. The van der Waals surface area contributed by atoms with E-state index in [0.717, 1.165) is 27.9 Å². The van der Waals surface area contributed by atoms with Crippen LogP contribution in [-0.4, -0.2) is 34.6 Å². The lowest BCUT2D eigenvalue weighted by Crippen LogP contribution is -2.29. The second-order valence-electron chi connectivity index (χ2n) is 5.14. The molecule has 2 unspecified atom stereocenters. The van der Waals surface area contributed by atoms with Crippen LogP contribution in [0, 0.1) is 0 Å². The van der Waals surface area contributed by atoms with Gasteiger partial charge in [-0.3, -0.25) is 0 Å². The average Bonchev–Trinajstić information content (AvgIpc) is 2.67. The molecular weight excluding hydrogens is 326 g/mol. The van der Waals surface area contributed by atoms with E-state index < -0.39 is 0 Å². The van der Waals surface area contributed by atoms with Crippen molar-refractivity contribution in [3.8, 4) is 0 Å². The van der Waals surface area contributed by atoms with Crippen LogP contribution in [0.15, 0.2) is 22.7 Å². The number of hydrogen-bond donors (Lipinski definition) is 0. The third-order valence-electron chi connectivity index (χ3n) is 3.42. The van der Waals surface area contributed by atoms with Crippen molar-refractivity contribution in [3.05, 3.63) is 28.5 Å². The van der Waals surface area contributed by atoms with E-state index >= 15 is 0 Å². The first-order valence-electron chi connectivity index (χ1n) is 6.36. The van der Waals surface area contributed by atoms with Crippen molar-refractivity contribution in [2.24, 2.45) is 0 Å². The van der Waals surface area contributed by atoms with Gasteiger partial charge in [0.1, 0.15) is 5.82 Å². The largest absolute Gasteiger partial charge is 0.325 e. The first-order valence-corrected chi connectivity index (χ1v) is 7.59. The monoisotopic (exact) mass is 343 g/mol. The zero-order chi connectivity index (χ0) is 14.2. The van der Waals surface area contributed by atoms with Gasteiger partial charge < -0.3 is 9.47 Å². The molecule has 0 spiro atoms. The van der Waals surface area contributed by atoms with E-state index in [9.17, 15) is 0 Å². The Morgan fingerprint density at radius 1 is 1.37 bits per heavy atom. The second-order valence-corrected chi connectivity index (χ2v) is 6.71. The molecule has 0 amide bonds. The summed E-state index contributed by atoms with van der Waals surface area (Å²) in [7, 11) is 4.17. The lowest BCUT2D eigenvalue weighted by Gasteiger charge is -2.22. The van der Waals surface area contributed by atoms with E-state index in [1.165, 1.54) is 0 Å². The molecule has 2 atom stereocenters. The second kappa shape index (κ2) is 5.81. The Hall–Kier alpha value is -0.580. The van der Waals surface area contributed by atoms with E-state index in [4.69, 9.17) is 11.6 Å². The quantitative estimate of drug-likeness (QED) is 0.780. The minimum atomic E-state index is -0.0967. The Morgan fingerprint density at radius 3 is 2.63 bits per heavy atom. The molecule has 1 heterocycles. The molecular formula is C14H19BrClN3. The highest BCUT2D eigenvalue weighted by atomic mass is 79.9. The normalized spacial score (nSPS) is 15.1. The predicted octanol–water partition coefficient (Wildman–Crippen LogP) is 4.05. The van der Waals surface area contributed by atoms with Crippen molar-refractivity contribution < 1.29 is 0 Å². The SMILES string of the molecule is CC(Cl)c1nc2cc(Br)ccc2n1CC(C)N(C)C. The molecule has 0 radical (unpaired) electrons. The number of aromatic nitrogens is 2. The van der Waals surface area contributed by atoms with Crippen molar-refractivity contribution in [1.82, 2.24) is 14.5 Å². The lowest BCUT2D eigenvalue weighted by atomic mass is 10.2. The van der Waals surface area contributed by atoms with Crippen molar-refractivity contribution >= 4 is 38.6 Å². The van der Waals surface area contributed by atoms with Crippen LogP contribution >= 0.6 is 27.5 Å². The van der Waals surface area contributed by atoms with Gasteiger partial charge in [-0.15, -0.1) is 11.6 Å². The summed E-state index contributed by atoms with van der Waals surface area (Å²) in [6.07, 6.45) is 0. The number of hydrogen-bond acceptors (Lipinski definition) is 2. The maximum Gasteiger partial charge on any atom is 0.127 e. The zero-order valence-corrected chi connectivity index (χ0v) is 14.0. The van der Waals surface area contributed by atoms with Gasteiger partial charge in [0.05, 0.1) is 16.4 Å².